The molecule has 0 radical (unpaired) electrons. The molecule has 2 aliphatic heterocycles. The Bertz CT molecular complexity index is 511. The van der Waals surface area contributed by atoms with Gasteiger partial charge in [-0.3, -0.25) is 0 Å². The van der Waals surface area contributed by atoms with Crippen LogP contribution in [-0.2, 0) is 0 Å². The number of ether oxygens (including phenoxy) is 2. The van der Waals surface area contributed by atoms with Gasteiger partial charge in [-0.2, -0.15) is 0 Å². The maximum Gasteiger partial charge on any atom is 0.586 e. The quantitative estimate of drug-likeness (QED) is 0.749. The van der Waals surface area contributed by atoms with Crippen LogP contribution < -0.4 is 14.4 Å². The van der Waals surface area contributed by atoms with E-state index in [9.17, 15) is 8.78 Å². The summed E-state index contributed by atoms with van der Waals surface area (Å²) in [4.78, 5) is 1.92. The first-order valence-corrected chi connectivity index (χ1v) is 5.14. The van der Waals surface area contributed by atoms with Crippen molar-refractivity contribution in [3.8, 4) is 11.5 Å². The highest BCUT2D eigenvalue weighted by molar-refractivity contribution is 5.59. The second-order valence-electron chi connectivity index (χ2n) is 3.72. The second kappa shape index (κ2) is 3.48. The van der Waals surface area contributed by atoms with Crippen LogP contribution in [0.1, 0.15) is 0 Å². The summed E-state index contributed by atoms with van der Waals surface area (Å²) in [5.74, 6) is 0.130. The molecule has 0 unspecified atom stereocenters. The molecule has 3 rings (SSSR count). The van der Waals surface area contributed by atoms with E-state index >= 15 is 0 Å². The largest absolute Gasteiger partial charge is 0.586 e. The monoisotopic (exact) mass is 237 g/mol. The minimum atomic E-state index is -3.56. The van der Waals surface area contributed by atoms with Crippen molar-refractivity contribution in [3.05, 3.63) is 42.6 Å². The summed E-state index contributed by atoms with van der Waals surface area (Å²) in [5, 5.41) is 0. The molecule has 0 bridgehead atoms. The molecule has 2 aliphatic rings. The molecule has 0 aromatic heterocycles. The van der Waals surface area contributed by atoms with Gasteiger partial charge in [-0.15, -0.1) is 8.78 Å². The van der Waals surface area contributed by atoms with E-state index in [1.165, 1.54) is 6.07 Å². The lowest BCUT2D eigenvalue weighted by molar-refractivity contribution is -0.286. The van der Waals surface area contributed by atoms with Crippen molar-refractivity contribution in [1.29, 1.82) is 0 Å². The van der Waals surface area contributed by atoms with E-state index in [0.717, 1.165) is 5.69 Å². The molecule has 0 saturated carbocycles. The Balaban J connectivity index is 1.90. The first kappa shape index (κ1) is 10.1. The molecule has 0 saturated heterocycles. The summed E-state index contributed by atoms with van der Waals surface area (Å²) >= 11 is 0. The van der Waals surface area contributed by atoms with Crippen LogP contribution in [0.3, 0.4) is 0 Å². The van der Waals surface area contributed by atoms with E-state index in [-0.39, 0.29) is 11.5 Å². The van der Waals surface area contributed by atoms with Crippen LogP contribution in [0.5, 0.6) is 11.5 Å². The van der Waals surface area contributed by atoms with Crippen LogP contribution >= 0.6 is 0 Å². The number of hydrogen-bond donors (Lipinski definition) is 0. The molecular weight excluding hydrogens is 228 g/mol. The van der Waals surface area contributed by atoms with Crippen molar-refractivity contribution < 1.29 is 18.3 Å². The van der Waals surface area contributed by atoms with E-state index < -0.39 is 6.29 Å². The van der Waals surface area contributed by atoms with Crippen molar-refractivity contribution in [2.24, 2.45) is 0 Å². The molecule has 0 spiro atoms. The zero-order valence-electron chi connectivity index (χ0n) is 8.77. The highest BCUT2D eigenvalue weighted by Crippen LogP contribution is 2.42. The van der Waals surface area contributed by atoms with Crippen molar-refractivity contribution in [2.45, 2.75) is 6.29 Å². The van der Waals surface area contributed by atoms with E-state index in [1.54, 1.807) is 12.1 Å². The first-order chi connectivity index (χ1) is 8.14. The predicted molar refractivity (Wildman–Crippen MR) is 58.3 cm³/mol. The molecule has 17 heavy (non-hydrogen) atoms. The molecule has 0 aliphatic carbocycles. The van der Waals surface area contributed by atoms with Gasteiger partial charge in [0.25, 0.3) is 0 Å². The number of hydrogen-bond acceptors (Lipinski definition) is 3. The fourth-order valence-electron chi connectivity index (χ4n) is 1.78. The van der Waals surface area contributed by atoms with Gasteiger partial charge in [-0.1, -0.05) is 12.2 Å². The van der Waals surface area contributed by atoms with Crippen LogP contribution in [0, 0.1) is 0 Å². The van der Waals surface area contributed by atoms with Gasteiger partial charge in [0.15, 0.2) is 11.5 Å². The Morgan fingerprint density at radius 1 is 1.12 bits per heavy atom. The number of allylic oxidation sites excluding steroid dienone is 2. The zero-order valence-corrected chi connectivity index (χ0v) is 8.77. The average Bonchev–Trinajstić information content (AvgIpc) is 2.63. The molecule has 1 aromatic carbocycles. The molecule has 5 heteroatoms. The Morgan fingerprint density at radius 2 is 1.94 bits per heavy atom. The van der Waals surface area contributed by atoms with Crippen LogP contribution in [0.15, 0.2) is 42.6 Å². The fraction of sp³-hybridized carbons (Fsp3) is 0.167. The number of nitrogens with zero attached hydrogens (tertiary/aromatic N) is 1. The van der Waals surface area contributed by atoms with Gasteiger partial charge in [0.05, 0.1) is 0 Å². The van der Waals surface area contributed by atoms with Gasteiger partial charge in [-0.05, 0) is 18.2 Å². The van der Waals surface area contributed by atoms with Gasteiger partial charge < -0.3 is 14.4 Å². The molecule has 2 heterocycles. The van der Waals surface area contributed by atoms with E-state index in [2.05, 4.69) is 9.47 Å². The van der Waals surface area contributed by atoms with E-state index in [0.29, 0.717) is 6.54 Å². The third-order valence-electron chi connectivity index (χ3n) is 2.53. The summed E-state index contributed by atoms with van der Waals surface area (Å²) in [7, 11) is 0. The average molecular weight is 237 g/mol. The first-order valence-electron chi connectivity index (χ1n) is 5.14. The highest BCUT2D eigenvalue weighted by atomic mass is 19.3. The number of alkyl halides is 2. The third-order valence-corrected chi connectivity index (χ3v) is 2.53. The molecule has 88 valence electrons. The lowest BCUT2D eigenvalue weighted by Gasteiger charge is -2.20. The zero-order chi connectivity index (χ0) is 11.9. The van der Waals surface area contributed by atoms with E-state index in [1.807, 2.05) is 29.3 Å². The highest BCUT2D eigenvalue weighted by Gasteiger charge is 2.43. The second-order valence-corrected chi connectivity index (χ2v) is 3.72. The standard InChI is InChI=1S/C12H9F2NO2/c13-12(14)16-10-5-4-9(8-11(10)17-12)15-6-2-1-3-7-15/h1-6,8H,7H2. The Morgan fingerprint density at radius 3 is 2.71 bits per heavy atom. The molecule has 1 aromatic rings. The number of rotatable bonds is 1. The number of fused-ring (bicyclic) bond motifs is 1. The molecule has 3 nitrogen and oxygen atoms in total. The van der Waals surface area contributed by atoms with E-state index in [4.69, 9.17) is 0 Å². The summed E-state index contributed by atoms with van der Waals surface area (Å²) in [6.45, 7) is 0.701. The van der Waals surface area contributed by atoms with Crippen LogP contribution in [0.2, 0.25) is 0 Å². The maximum atomic E-state index is 12.8. The minimum absolute atomic E-state index is 0.0651. The smallest absolute Gasteiger partial charge is 0.395 e. The summed E-state index contributed by atoms with van der Waals surface area (Å²) in [6, 6.07) is 4.74. The number of halogens is 2. The van der Waals surface area contributed by atoms with Crippen molar-refractivity contribution in [2.75, 3.05) is 11.4 Å². The summed E-state index contributed by atoms with van der Waals surface area (Å²) in [5.41, 5.74) is 0.783. The fourth-order valence-corrected chi connectivity index (χ4v) is 1.78. The molecule has 0 amide bonds. The Hall–Kier alpha value is -2.04. The topological polar surface area (TPSA) is 21.7 Å². The summed E-state index contributed by atoms with van der Waals surface area (Å²) < 4.78 is 34.4. The molecule has 0 fully saturated rings. The van der Waals surface area contributed by atoms with Gasteiger partial charge >= 0.3 is 6.29 Å². The Labute approximate surface area is 96.5 Å². The van der Waals surface area contributed by atoms with Crippen LogP contribution in [-0.4, -0.2) is 12.8 Å². The summed E-state index contributed by atoms with van der Waals surface area (Å²) in [6.07, 6.45) is 4.09. The van der Waals surface area contributed by atoms with Crippen LogP contribution in [0.4, 0.5) is 14.5 Å². The van der Waals surface area contributed by atoms with Crippen LogP contribution in [0.25, 0.3) is 0 Å². The normalized spacial score (nSPS) is 19.8. The molecule has 0 atom stereocenters. The molecule has 0 N–H and O–H groups in total. The van der Waals surface area contributed by atoms with Gasteiger partial charge in [0.1, 0.15) is 0 Å². The number of benzene rings is 1. The van der Waals surface area contributed by atoms with Gasteiger partial charge in [-0.25, -0.2) is 0 Å². The Kier molecular flexibility index (Phi) is 2.07. The minimum Gasteiger partial charge on any atom is -0.395 e. The lowest BCUT2D eigenvalue weighted by atomic mass is 10.2. The van der Waals surface area contributed by atoms with Crippen molar-refractivity contribution >= 4 is 5.69 Å². The lowest BCUT2D eigenvalue weighted by Crippen LogP contribution is -2.25. The SMILES string of the molecule is FC1(F)Oc2ccc(N3C=CC=CC3)cc2O1. The maximum absolute atomic E-state index is 12.8. The van der Waals surface area contributed by atoms with Gasteiger partial charge in [0.2, 0.25) is 0 Å². The van der Waals surface area contributed by atoms with Gasteiger partial charge in [0, 0.05) is 24.5 Å². The molecular formula is C12H9F2NO2. The third kappa shape index (κ3) is 1.84. The van der Waals surface area contributed by atoms with Crippen molar-refractivity contribution in [3.63, 3.8) is 0 Å². The predicted octanol–water partition coefficient (Wildman–Crippen LogP) is 2.90. The van der Waals surface area contributed by atoms with Crippen molar-refractivity contribution in [1.82, 2.24) is 0 Å². The number of anilines is 1.